The highest BCUT2D eigenvalue weighted by Gasteiger charge is 2.25. The van der Waals surface area contributed by atoms with Gasteiger partial charge in [0.25, 0.3) is 5.91 Å². The number of hydrogen-bond donors (Lipinski definition) is 0. The number of fused-ring (bicyclic) bond motifs is 1. The van der Waals surface area contributed by atoms with Crippen LogP contribution in [0, 0.1) is 11.8 Å². The summed E-state index contributed by atoms with van der Waals surface area (Å²) < 4.78 is 5.75. The van der Waals surface area contributed by atoms with Crippen LogP contribution in [0.25, 0.3) is 10.9 Å². The molecule has 2 heterocycles. The molecule has 0 radical (unpaired) electrons. The Labute approximate surface area is 141 Å². The number of likely N-dealkylation sites (tertiary alicyclic amines) is 1. The molecule has 0 spiro atoms. The predicted octanol–water partition coefficient (Wildman–Crippen LogP) is 3.77. The maximum atomic E-state index is 12.4. The number of ether oxygens (including phenoxy) is 1. The van der Waals surface area contributed by atoms with Gasteiger partial charge in [-0.1, -0.05) is 25.4 Å². The van der Waals surface area contributed by atoms with E-state index >= 15 is 0 Å². The second-order valence-corrected chi connectivity index (χ2v) is 6.89. The number of carbonyl (C=O) groups is 1. The third-order valence-electron chi connectivity index (χ3n) is 4.25. The molecule has 0 unspecified atom stereocenters. The van der Waals surface area contributed by atoms with Crippen LogP contribution in [-0.2, 0) is 4.79 Å². The van der Waals surface area contributed by atoms with Crippen molar-refractivity contribution in [1.82, 2.24) is 9.88 Å². The van der Waals surface area contributed by atoms with E-state index in [4.69, 9.17) is 16.3 Å². The topological polar surface area (TPSA) is 42.4 Å². The number of amides is 1. The minimum atomic E-state index is 0.0300. The van der Waals surface area contributed by atoms with Gasteiger partial charge in [0.2, 0.25) is 0 Å². The highest BCUT2D eigenvalue weighted by atomic mass is 35.5. The molecule has 1 fully saturated rings. The van der Waals surface area contributed by atoms with Gasteiger partial charge in [0.1, 0.15) is 11.3 Å². The van der Waals surface area contributed by atoms with Gasteiger partial charge in [-0.2, -0.15) is 0 Å². The summed E-state index contributed by atoms with van der Waals surface area (Å²) in [6.45, 7) is 6.03. The van der Waals surface area contributed by atoms with E-state index < -0.39 is 0 Å². The number of aromatic nitrogens is 1. The maximum absolute atomic E-state index is 12.4. The summed E-state index contributed by atoms with van der Waals surface area (Å²) in [6, 6.07) is 7.27. The zero-order valence-electron chi connectivity index (χ0n) is 13.5. The number of nitrogens with zero attached hydrogens (tertiary/aromatic N) is 2. The fourth-order valence-corrected chi connectivity index (χ4v) is 3.54. The number of rotatable bonds is 3. The van der Waals surface area contributed by atoms with Gasteiger partial charge in [0.05, 0.1) is 5.02 Å². The molecule has 5 heteroatoms. The van der Waals surface area contributed by atoms with E-state index in [1.165, 1.54) is 6.42 Å². The molecule has 2 atom stereocenters. The highest BCUT2D eigenvalue weighted by molar-refractivity contribution is 6.35. The number of benzene rings is 1. The molecule has 1 aliphatic rings. The second kappa shape index (κ2) is 6.75. The van der Waals surface area contributed by atoms with Crippen LogP contribution in [0.1, 0.15) is 20.3 Å². The second-order valence-electron chi connectivity index (χ2n) is 6.48. The van der Waals surface area contributed by atoms with Crippen molar-refractivity contribution in [3.05, 3.63) is 35.5 Å². The van der Waals surface area contributed by atoms with Crippen LogP contribution in [0.2, 0.25) is 5.02 Å². The number of carbonyl (C=O) groups excluding carboxylic acids is 1. The maximum Gasteiger partial charge on any atom is 0.260 e. The lowest BCUT2D eigenvalue weighted by atomic mass is 9.92. The lowest BCUT2D eigenvalue weighted by Crippen LogP contribution is -2.44. The SMILES string of the molecule is C[C@@H]1C[C@@H](C)CN(C(=O)COc2ccc(Cl)c3cccnc23)C1. The Morgan fingerprint density at radius 3 is 2.78 bits per heavy atom. The van der Waals surface area contributed by atoms with Gasteiger partial charge in [-0.25, -0.2) is 0 Å². The monoisotopic (exact) mass is 332 g/mol. The largest absolute Gasteiger partial charge is 0.481 e. The Morgan fingerprint density at radius 2 is 2.04 bits per heavy atom. The third kappa shape index (κ3) is 3.58. The Bertz CT molecular complexity index is 709. The molecule has 3 rings (SSSR count). The van der Waals surface area contributed by atoms with Crippen molar-refractivity contribution in [3.8, 4) is 5.75 Å². The Hall–Kier alpha value is -1.81. The summed E-state index contributed by atoms with van der Waals surface area (Å²) in [7, 11) is 0. The molecule has 0 N–H and O–H groups in total. The smallest absolute Gasteiger partial charge is 0.260 e. The van der Waals surface area contributed by atoms with Gasteiger partial charge < -0.3 is 9.64 Å². The zero-order chi connectivity index (χ0) is 16.4. The molecule has 2 aromatic rings. The molecule has 1 saturated heterocycles. The summed E-state index contributed by atoms with van der Waals surface area (Å²) in [5.74, 6) is 1.71. The van der Waals surface area contributed by atoms with E-state index in [9.17, 15) is 4.79 Å². The fraction of sp³-hybridized carbons (Fsp3) is 0.444. The lowest BCUT2D eigenvalue weighted by Gasteiger charge is -2.34. The van der Waals surface area contributed by atoms with Crippen molar-refractivity contribution in [3.63, 3.8) is 0 Å². The molecule has 1 aromatic heterocycles. The molecule has 1 aromatic carbocycles. The normalized spacial score (nSPS) is 21.4. The lowest BCUT2D eigenvalue weighted by molar-refractivity contribution is -0.136. The summed E-state index contributed by atoms with van der Waals surface area (Å²) in [5, 5.41) is 1.46. The predicted molar refractivity (Wildman–Crippen MR) is 91.8 cm³/mol. The molecule has 0 saturated carbocycles. The van der Waals surface area contributed by atoms with Gasteiger partial charge in [-0.15, -0.1) is 0 Å². The van der Waals surface area contributed by atoms with Crippen LogP contribution in [0.5, 0.6) is 5.75 Å². The van der Waals surface area contributed by atoms with E-state index in [1.807, 2.05) is 17.0 Å². The van der Waals surface area contributed by atoms with E-state index in [1.54, 1.807) is 18.3 Å². The van der Waals surface area contributed by atoms with Gasteiger partial charge in [0, 0.05) is 24.7 Å². The zero-order valence-corrected chi connectivity index (χ0v) is 14.2. The van der Waals surface area contributed by atoms with E-state index in [2.05, 4.69) is 18.8 Å². The Morgan fingerprint density at radius 1 is 1.30 bits per heavy atom. The molecule has 122 valence electrons. The Balaban J connectivity index is 1.71. The quantitative estimate of drug-likeness (QED) is 0.859. The summed E-state index contributed by atoms with van der Waals surface area (Å²) in [6.07, 6.45) is 2.87. The van der Waals surface area contributed by atoms with Crippen LogP contribution in [0.4, 0.5) is 0 Å². The van der Waals surface area contributed by atoms with Gasteiger partial charge in [-0.3, -0.25) is 9.78 Å². The van der Waals surface area contributed by atoms with Crippen LogP contribution >= 0.6 is 11.6 Å². The minimum Gasteiger partial charge on any atom is -0.481 e. The molecule has 4 nitrogen and oxygen atoms in total. The summed E-state index contributed by atoms with van der Waals surface area (Å²) in [5.41, 5.74) is 0.688. The molecule has 23 heavy (non-hydrogen) atoms. The Kier molecular flexibility index (Phi) is 4.71. The third-order valence-corrected chi connectivity index (χ3v) is 4.58. The molecule has 0 bridgehead atoms. The summed E-state index contributed by atoms with van der Waals surface area (Å²) >= 11 is 6.17. The van der Waals surface area contributed by atoms with Gasteiger partial charge in [0.15, 0.2) is 6.61 Å². The molecular formula is C18H21ClN2O2. The van der Waals surface area contributed by atoms with E-state index in [0.717, 1.165) is 18.5 Å². The first kappa shape index (κ1) is 16.1. The highest BCUT2D eigenvalue weighted by Crippen LogP contribution is 2.29. The van der Waals surface area contributed by atoms with Crippen LogP contribution in [-0.4, -0.2) is 35.5 Å². The first-order valence-corrected chi connectivity index (χ1v) is 8.36. The van der Waals surface area contributed by atoms with Gasteiger partial charge in [-0.05, 0) is 42.5 Å². The minimum absolute atomic E-state index is 0.0300. The van der Waals surface area contributed by atoms with Crippen molar-refractivity contribution >= 4 is 28.4 Å². The van der Waals surface area contributed by atoms with Gasteiger partial charge >= 0.3 is 0 Å². The van der Waals surface area contributed by atoms with Crippen molar-refractivity contribution in [2.24, 2.45) is 11.8 Å². The first-order chi connectivity index (χ1) is 11.0. The van der Waals surface area contributed by atoms with Crippen LogP contribution in [0.15, 0.2) is 30.5 Å². The molecule has 1 aliphatic heterocycles. The van der Waals surface area contributed by atoms with E-state index in [0.29, 0.717) is 28.1 Å². The average Bonchev–Trinajstić information content (AvgIpc) is 2.53. The fourth-order valence-electron chi connectivity index (χ4n) is 3.33. The van der Waals surface area contributed by atoms with Crippen molar-refractivity contribution in [1.29, 1.82) is 0 Å². The standard InChI is InChI=1S/C18H21ClN2O2/c1-12-8-13(2)10-21(9-12)17(22)11-23-16-6-5-15(19)14-4-3-7-20-18(14)16/h3-7,12-13H,8-11H2,1-2H3/t12-,13-/m1/s1. The van der Waals surface area contributed by atoms with Crippen molar-refractivity contribution in [2.75, 3.05) is 19.7 Å². The summed E-state index contributed by atoms with van der Waals surface area (Å²) in [4.78, 5) is 18.6. The number of hydrogen-bond acceptors (Lipinski definition) is 3. The van der Waals surface area contributed by atoms with Crippen molar-refractivity contribution < 1.29 is 9.53 Å². The molecular weight excluding hydrogens is 312 g/mol. The first-order valence-electron chi connectivity index (χ1n) is 7.98. The number of pyridine rings is 1. The number of halogens is 1. The van der Waals surface area contributed by atoms with Crippen LogP contribution in [0.3, 0.4) is 0 Å². The average molecular weight is 333 g/mol. The van der Waals surface area contributed by atoms with Crippen molar-refractivity contribution in [2.45, 2.75) is 20.3 Å². The molecule has 1 amide bonds. The van der Waals surface area contributed by atoms with Crippen LogP contribution < -0.4 is 4.74 Å². The molecule has 0 aliphatic carbocycles. The number of piperidine rings is 1. The van der Waals surface area contributed by atoms with E-state index in [-0.39, 0.29) is 12.5 Å².